The highest BCUT2D eigenvalue weighted by molar-refractivity contribution is 7.47. The zero-order valence-electron chi connectivity index (χ0n) is 60.9. The van der Waals surface area contributed by atoms with Gasteiger partial charge in [-0.15, -0.1) is 0 Å². The Kier molecular flexibility index (Phi) is 67.2. The number of hydrogen-bond acceptors (Lipinski definition) is 15. The second-order valence-corrected chi connectivity index (χ2v) is 27.4. The molecule has 0 bridgehead atoms. The molecule has 0 heterocycles. The van der Waals surface area contributed by atoms with Crippen LogP contribution in [-0.4, -0.2) is 96.7 Å². The molecular weight excluding hydrogens is 1280 g/mol. The Morgan fingerprint density at radius 3 is 0.908 bits per heavy atom. The number of carbonyl (C=O) groups excluding carboxylic acids is 4. The number of phosphoric acid groups is 2. The fourth-order valence-electron chi connectivity index (χ4n) is 9.42. The summed E-state index contributed by atoms with van der Waals surface area (Å²) in [6.07, 6.45) is 77.4. The van der Waals surface area contributed by atoms with E-state index in [1.54, 1.807) is 0 Å². The van der Waals surface area contributed by atoms with Gasteiger partial charge in [0, 0.05) is 25.7 Å². The van der Waals surface area contributed by atoms with E-state index in [4.69, 9.17) is 37.0 Å². The number of aliphatic hydroxyl groups excluding tert-OH is 1. The van der Waals surface area contributed by atoms with Crippen LogP contribution in [0.15, 0.2) is 134 Å². The van der Waals surface area contributed by atoms with Gasteiger partial charge in [-0.1, -0.05) is 245 Å². The molecule has 19 heteroatoms. The van der Waals surface area contributed by atoms with Crippen molar-refractivity contribution < 1.29 is 80.2 Å². The van der Waals surface area contributed by atoms with Crippen molar-refractivity contribution in [3.05, 3.63) is 134 Å². The van der Waals surface area contributed by atoms with Gasteiger partial charge in [-0.2, -0.15) is 0 Å². The Bertz CT molecular complexity index is 2380. The van der Waals surface area contributed by atoms with Gasteiger partial charge in [0.2, 0.25) is 0 Å². The molecule has 17 nitrogen and oxygen atoms in total. The number of esters is 4. The number of rotatable bonds is 69. The third kappa shape index (κ3) is 69.7. The molecule has 5 unspecified atom stereocenters. The maximum Gasteiger partial charge on any atom is 0.472 e. The molecule has 0 aliphatic rings. The zero-order chi connectivity index (χ0) is 71.8. The molecule has 5 atom stereocenters. The molecule has 0 amide bonds. The molecule has 3 N–H and O–H groups in total. The summed E-state index contributed by atoms with van der Waals surface area (Å²) in [6, 6.07) is 0. The summed E-state index contributed by atoms with van der Waals surface area (Å²) < 4.78 is 68.3. The van der Waals surface area contributed by atoms with Crippen molar-refractivity contribution in [2.45, 2.75) is 303 Å². The van der Waals surface area contributed by atoms with Gasteiger partial charge in [0.25, 0.3) is 0 Å². The lowest BCUT2D eigenvalue weighted by atomic mass is 10.1. The van der Waals surface area contributed by atoms with Gasteiger partial charge in [-0.25, -0.2) is 9.13 Å². The first kappa shape index (κ1) is 93.2. The summed E-state index contributed by atoms with van der Waals surface area (Å²) in [5.41, 5.74) is 0. The fourth-order valence-corrected chi connectivity index (χ4v) is 11.0. The van der Waals surface area contributed by atoms with Gasteiger partial charge in [0.15, 0.2) is 12.2 Å². The summed E-state index contributed by atoms with van der Waals surface area (Å²) in [5, 5.41) is 10.6. The quantitative estimate of drug-likeness (QED) is 0.0169. The molecule has 0 rings (SSSR count). The summed E-state index contributed by atoms with van der Waals surface area (Å²) >= 11 is 0. The Morgan fingerprint density at radius 1 is 0.296 bits per heavy atom. The lowest BCUT2D eigenvalue weighted by Gasteiger charge is -2.21. The third-order valence-corrected chi connectivity index (χ3v) is 17.0. The molecule has 0 radical (unpaired) electrons. The monoisotopic (exact) mass is 1410 g/mol. The number of ether oxygens (including phenoxy) is 4. The first-order valence-electron chi connectivity index (χ1n) is 37.4. The number of phosphoric ester groups is 2. The summed E-state index contributed by atoms with van der Waals surface area (Å²) in [7, 11) is -9.98. The number of carbonyl (C=O) groups is 4. The zero-order valence-corrected chi connectivity index (χ0v) is 62.7. The van der Waals surface area contributed by atoms with E-state index in [0.29, 0.717) is 32.1 Å². The van der Waals surface area contributed by atoms with Crippen molar-refractivity contribution in [3.63, 3.8) is 0 Å². The van der Waals surface area contributed by atoms with E-state index in [1.807, 2.05) is 12.2 Å². The van der Waals surface area contributed by atoms with E-state index in [2.05, 4.69) is 149 Å². The summed E-state index contributed by atoms with van der Waals surface area (Å²) in [5.74, 6) is -2.29. The van der Waals surface area contributed by atoms with Crippen LogP contribution < -0.4 is 0 Å². The van der Waals surface area contributed by atoms with Crippen molar-refractivity contribution in [1.29, 1.82) is 0 Å². The molecule has 0 aromatic heterocycles. The predicted octanol–water partition coefficient (Wildman–Crippen LogP) is 21.3. The van der Waals surface area contributed by atoms with Gasteiger partial charge < -0.3 is 33.8 Å². The molecule has 98 heavy (non-hydrogen) atoms. The normalized spacial score (nSPS) is 14.7. The Hall–Kier alpha value is -4.80. The van der Waals surface area contributed by atoms with Crippen molar-refractivity contribution >= 4 is 39.5 Å². The maximum atomic E-state index is 13.1. The number of hydrogen-bond donors (Lipinski definition) is 3. The lowest BCUT2D eigenvalue weighted by Crippen LogP contribution is -2.30. The topological polar surface area (TPSA) is 237 Å². The average molecular weight is 1420 g/mol. The highest BCUT2D eigenvalue weighted by atomic mass is 31.2. The molecule has 0 saturated heterocycles. The van der Waals surface area contributed by atoms with E-state index >= 15 is 0 Å². The van der Waals surface area contributed by atoms with Gasteiger partial charge in [0.05, 0.1) is 26.4 Å². The number of allylic oxidation sites excluding steroid dienone is 22. The Balaban J connectivity index is 5.43. The molecule has 0 saturated carbocycles. The first-order chi connectivity index (χ1) is 47.7. The Labute approximate surface area is 593 Å². The van der Waals surface area contributed by atoms with Gasteiger partial charge in [-0.05, 0) is 148 Å². The van der Waals surface area contributed by atoms with Crippen LogP contribution in [0.2, 0.25) is 0 Å². The highest BCUT2D eigenvalue weighted by Crippen LogP contribution is 2.45. The van der Waals surface area contributed by atoms with E-state index in [9.17, 15) is 43.2 Å². The largest absolute Gasteiger partial charge is 0.472 e. The summed E-state index contributed by atoms with van der Waals surface area (Å²) in [6.45, 7) is 4.44. The fraction of sp³-hybridized carbons (Fsp3) is 0.671. The van der Waals surface area contributed by atoms with Crippen LogP contribution in [0.25, 0.3) is 0 Å². The SMILES string of the molecule is CC/C=C\C/C=C\C/C=C\C/C=C\C/C=C\CCCC(=O)OCC(COP(=O)(O)OCC(O)COP(=O)(O)OCC(COC(=O)CCCCCCC/C=C\C/C=C\CCC)OC(=O)CCCCCCC/C=C\CCCCCC)OC(=O)CCCCCCC/C=C\C/C=C\C/C=C\CC. The lowest BCUT2D eigenvalue weighted by molar-refractivity contribution is -0.161. The molecule has 0 aromatic carbocycles. The number of aliphatic hydroxyl groups is 1. The van der Waals surface area contributed by atoms with Crippen LogP contribution in [0.5, 0.6) is 0 Å². The van der Waals surface area contributed by atoms with Crippen LogP contribution in [0.4, 0.5) is 0 Å². The summed E-state index contributed by atoms with van der Waals surface area (Å²) in [4.78, 5) is 72.8. The molecule has 0 fully saturated rings. The van der Waals surface area contributed by atoms with Gasteiger partial charge in [0.1, 0.15) is 19.3 Å². The standard InChI is InChI=1S/C79H132O17P2/c1-5-9-13-17-21-25-29-33-35-36-38-41-44-48-52-56-60-64-77(82)90-70-75(96-79(84)66-62-58-54-50-46-42-37-34-30-26-22-18-14-10-6-2)72-94-98(87,88)92-68-73(80)67-91-97(85,86)93-71-74(95-78(83)65-61-57-53-49-45-40-32-28-24-20-16-12-8-4)69-89-76(81)63-59-55-51-47-43-39-31-27-23-19-15-11-7-3/h9-10,13-15,19,21-22,25-28,31-35,37-38,41,48,52,73-75,80H,5-8,11-12,16-18,20,23-24,29-30,36,39-40,42-47,49-51,53-72H2,1-4H3,(H,85,86)(H,87,88)/b13-9-,14-10-,19-15-,25-21-,26-22-,31-27-,32-28-,35-33-,37-34-,41-38-,52-48-. The van der Waals surface area contributed by atoms with Crippen molar-refractivity contribution in [2.75, 3.05) is 39.6 Å². The van der Waals surface area contributed by atoms with E-state index in [1.165, 1.54) is 25.7 Å². The molecule has 560 valence electrons. The van der Waals surface area contributed by atoms with E-state index in [-0.39, 0.29) is 25.7 Å². The van der Waals surface area contributed by atoms with Crippen LogP contribution in [0, 0.1) is 0 Å². The van der Waals surface area contributed by atoms with Crippen molar-refractivity contribution in [2.24, 2.45) is 0 Å². The Morgan fingerprint density at radius 2 is 0.561 bits per heavy atom. The molecule has 0 aromatic rings. The second-order valence-electron chi connectivity index (χ2n) is 24.5. The third-order valence-electron chi connectivity index (χ3n) is 15.1. The molecule has 0 aliphatic heterocycles. The minimum atomic E-state index is -4.99. The smallest absolute Gasteiger partial charge is 0.462 e. The van der Waals surface area contributed by atoms with Crippen molar-refractivity contribution in [1.82, 2.24) is 0 Å². The average Bonchev–Trinajstić information content (AvgIpc) is 1.05. The minimum absolute atomic E-state index is 0.0593. The molecule has 0 aliphatic carbocycles. The van der Waals surface area contributed by atoms with E-state index < -0.39 is 97.5 Å². The van der Waals surface area contributed by atoms with Crippen LogP contribution >= 0.6 is 15.6 Å². The van der Waals surface area contributed by atoms with Gasteiger partial charge in [-0.3, -0.25) is 37.3 Å². The molecule has 0 spiro atoms. The maximum absolute atomic E-state index is 13.1. The van der Waals surface area contributed by atoms with E-state index in [0.717, 1.165) is 173 Å². The first-order valence-corrected chi connectivity index (χ1v) is 40.4. The number of unbranched alkanes of at least 4 members (excludes halogenated alkanes) is 21. The van der Waals surface area contributed by atoms with Crippen LogP contribution in [0.1, 0.15) is 285 Å². The van der Waals surface area contributed by atoms with Crippen LogP contribution in [0.3, 0.4) is 0 Å². The van der Waals surface area contributed by atoms with Crippen LogP contribution in [-0.2, 0) is 65.4 Å². The highest BCUT2D eigenvalue weighted by Gasteiger charge is 2.30. The minimum Gasteiger partial charge on any atom is -0.462 e. The van der Waals surface area contributed by atoms with Crippen molar-refractivity contribution in [3.8, 4) is 0 Å². The van der Waals surface area contributed by atoms with Gasteiger partial charge >= 0.3 is 39.5 Å². The molecular formula is C79H132O17P2. The second kappa shape index (κ2) is 70.6. The predicted molar refractivity (Wildman–Crippen MR) is 399 cm³/mol.